The van der Waals surface area contributed by atoms with Crippen molar-refractivity contribution in [2.45, 2.75) is 19.0 Å². The molecule has 3 aromatic rings. The summed E-state index contributed by atoms with van der Waals surface area (Å²) in [7, 11) is 1.59. The summed E-state index contributed by atoms with van der Waals surface area (Å²) in [5.74, 6) is -0.316. The van der Waals surface area contributed by atoms with Crippen LogP contribution < -0.4 is 5.32 Å². The van der Waals surface area contributed by atoms with Gasteiger partial charge in [-0.2, -0.15) is 0 Å². The maximum atomic E-state index is 13.2. The average Bonchev–Trinajstić information content (AvgIpc) is 3.26. The Bertz CT molecular complexity index is 1030. The third kappa shape index (κ3) is 2.96. The van der Waals surface area contributed by atoms with Gasteiger partial charge in [-0.3, -0.25) is 9.59 Å². The molecule has 2 atom stereocenters. The molecule has 0 unspecified atom stereocenters. The second-order valence-corrected chi connectivity index (χ2v) is 6.95. The first-order chi connectivity index (χ1) is 13.6. The Morgan fingerprint density at radius 3 is 2.75 bits per heavy atom. The fourth-order valence-electron chi connectivity index (χ4n) is 3.92. The van der Waals surface area contributed by atoms with Crippen molar-refractivity contribution in [3.63, 3.8) is 0 Å². The monoisotopic (exact) mass is 377 g/mol. The van der Waals surface area contributed by atoms with Crippen LogP contribution in [0, 0.1) is 0 Å². The van der Waals surface area contributed by atoms with E-state index in [2.05, 4.69) is 10.3 Å². The van der Waals surface area contributed by atoms with Crippen LogP contribution in [0.3, 0.4) is 0 Å². The topological polar surface area (TPSA) is 74.4 Å². The number of para-hydroxylation sites is 1. The fraction of sp³-hybridized carbons (Fsp3) is 0.273. The van der Waals surface area contributed by atoms with Gasteiger partial charge in [-0.1, -0.05) is 36.4 Å². The molecule has 1 aliphatic heterocycles. The summed E-state index contributed by atoms with van der Waals surface area (Å²) in [6.07, 6.45) is 1.94. The van der Waals surface area contributed by atoms with Crippen LogP contribution in [0.5, 0.6) is 0 Å². The summed E-state index contributed by atoms with van der Waals surface area (Å²) in [5.41, 5.74) is 3.57. The van der Waals surface area contributed by atoms with E-state index in [1.54, 1.807) is 18.9 Å². The van der Waals surface area contributed by atoms with Crippen LogP contribution in [0.2, 0.25) is 0 Å². The van der Waals surface area contributed by atoms with Gasteiger partial charge < -0.3 is 19.9 Å². The van der Waals surface area contributed by atoms with Gasteiger partial charge in [-0.15, -0.1) is 0 Å². The summed E-state index contributed by atoms with van der Waals surface area (Å²) in [6, 6.07) is 14.6. The number of ether oxygens (including phenoxy) is 1. The van der Waals surface area contributed by atoms with Gasteiger partial charge in [0.2, 0.25) is 5.91 Å². The maximum absolute atomic E-state index is 13.2. The number of nitrogens with zero attached hydrogens (tertiary/aromatic N) is 1. The normalized spacial score (nSPS) is 17.0. The highest BCUT2D eigenvalue weighted by atomic mass is 16.5. The molecule has 0 bridgehead atoms. The van der Waals surface area contributed by atoms with Crippen LogP contribution in [0.1, 0.15) is 34.5 Å². The Balaban J connectivity index is 1.76. The molecular formula is C22H23N3O3. The SMILES string of the molecule is COCCNC(=O)[C@H](C)N1C(=O)c2ccccc2[C@@H]1c1c[nH]c2ccccc12. The molecule has 0 fully saturated rings. The zero-order chi connectivity index (χ0) is 19.7. The van der Waals surface area contributed by atoms with Gasteiger partial charge in [-0.25, -0.2) is 0 Å². The lowest BCUT2D eigenvalue weighted by Crippen LogP contribution is -2.47. The van der Waals surface area contributed by atoms with Gasteiger partial charge in [-0.05, 0) is 24.6 Å². The van der Waals surface area contributed by atoms with E-state index in [0.29, 0.717) is 18.7 Å². The summed E-state index contributed by atoms with van der Waals surface area (Å²) in [4.78, 5) is 30.9. The van der Waals surface area contributed by atoms with Crippen LogP contribution in [0.15, 0.2) is 54.7 Å². The predicted octanol–water partition coefficient (Wildman–Crippen LogP) is 2.86. The molecule has 2 N–H and O–H groups in total. The van der Waals surface area contributed by atoms with Crippen LogP contribution in [-0.4, -0.2) is 48.0 Å². The Morgan fingerprint density at radius 1 is 1.18 bits per heavy atom. The molecule has 1 aliphatic rings. The molecule has 4 rings (SSSR count). The average molecular weight is 377 g/mol. The van der Waals surface area contributed by atoms with Crippen molar-refractivity contribution in [1.29, 1.82) is 0 Å². The van der Waals surface area contributed by atoms with Gasteiger partial charge in [0.1, 0.15) is 6.04 Å². The van der Waals surface area contributed by atoms with E-state index in [9.17, 15) is 9.59 Å². The van der Waals surface area contributed by atoms with Crippen LogP contribution in [0.25, 0.3) is 10.9 Å². The van der Waals surface area contributed by atoms with Gasteiger partial charge in [0.25, 0.3) is 5.91 Å². The number of aromatic nitrogens is 1. The minimum absolute atomic E-state index is 0.125. The van der Waals surface area contributed by atoms with Crippen molar-refractivity contribution in [2.75, 3.05) is 20.3 Å². The maximum Gasteiger partial charge on any atom is 0.255 e. The summed E-state index contributed by atoms with van der Waals surface area (Å²) >= 11 is 0. The zero-order valence-corrected chi connectivity index (χ0v) is 15.9. The van der Waals surface area contributed by atoms with E-state index in [-0.39, 0.29) is 17.9 Å². The van der Waals surface area contributed by atoms with E-state index in [1.165, 1.54) is 0 Å². The van der Waals surface area contributed by atoms with Crippen molar-refractivity contribution in [2.24, 2.45) is 0 Å². The van der Waals surface area contributed by atoms with Gasteiger partial charge in [0, 0.05) is 41.9 Å². The summed E-state index contributed by atoms with van der Waals surface area (Å²) in [5, 5.41) is 3.89. The van der Waals surface area contributed by atoms with Gasteiger partial charge in [0.05, 0.1) is 12.6 Å². The van der Waals surface area contributed by atoms with Crippen LogP contribution >= 0.6 is 0 Å². The van der Waals surface area contributed by atoms with Crippen molar-refractivity contribution in [3.05, 3.63) is 71.4 Å². The Hall–Kier alpha value is -3.12. The number of fused-ring (bicyclic) bond motifs is 2. The van der Waals surface area contributed by atoms with Crippen molar-refractivity contribution < 1.29 is 14.3 Å². The largest absolute Gasteiger partial charge is 0.383 e. The number of nitrogens with one attached hydrogen (secondary N) is 2. The number of H-pyrrole nitrogens is 1. The first kappa shape index (κ1) is 18.3. The number of rotatable bonds is 6. The van der Waals surface area contributed by atoms with Crippen LogP contribution in [0.4, 0.5) is 0 Å². The molecule has 6 heteroatoms. The lowest BCUT2D eigenvalue weighted by Gasteiger charge is -2.30. The molecule has 0 saturated heterocycles. The van der Waals surface area contributed by atoms with E-state index < -0.39 is 6.04 Å². The highest BCUT2D eigenvalue weighted by Crippen LogP contribution is 2.42. The quantitative estimate of drug-likeness (QED) is 0.649. The lowest BCUT2D eigenvalue weighted by atomic mass is 9.97. The van der Waals surface area contributed by atoms with Crippen LogP contribution in [-0.2, 0) is 9.53 Å². The Kier molecular flexibility index (Phi) is 4.88. The first-order valence-electron chi connectivity index (χ1n) is 9.37. The Morgan fingerprint density at radius 2 is 1.93 bits per heavy atom. The standard InChI is InChI=1S/C22H23N3O3/c1-14(21(26)23-11-12-28-2)25-20(16-8-3-4-9-17(16)22(25)27)18-13-24-19-10-6-5-7-15(18)19/h3-10,13-14,20,24H,11-12H2,1-2H3,(H,23,26)/t14-,20+/m0/s1. The van der Waals surface area contributed by atoms with Crippen molar-refractivity contribution in [1.82, 2.24) is 15.2 Å². The molecule has 0 saturated carbocycles. The minimum atomic E-state index is -0.615. The van der Waals surface area contributed by atoms with Crippen molar-refractivity contribution in [3.8, 4) is 0 Å². The lowest BCUT2D eigenvalue weighted by molar-refractivity contribution is -0.125. The molecule has 2 heterocycles. The molecule has 28 heavy (non-hydrogen) atoms. The van der Waals surface area contributed by atoms with E-state index in [1.807, 2.05) is 54.7 Å². The molecule has 2 aromatic carbocycles. The molecular weight excluding hydrogens is 354 g/mol. The Labute approximate surface area is 163 Å². The molecule has 0 spiro atoms. The molecule has 2 amide bonds. The number of amides is 2. The second kappa shape index (κ2) is 7.48. The minimum Gasteiger partial charge on any atom is -0.383 e. The number of aromatic amines is 1. The van der Waals surface area contributed by atoms with E-state index in [0.717, 1.165) is 22.0 Å². The molecule has 0 radical (unpaired) electrons. The van der Waals surface area contributed by atoms with Gasteiger partial charge >= 0.3 is 0 Å². The van der Waals surface area contributed by atoms with E-state index in [4.69, 9.17) is 4.74 Å². The van der Waals surface area contributed by atoms with Crippen molar-refractivity contribution >= 4 is 22.7 Å². The summed E-state index contributed by atoms with van der Waals surface area (Å²) < 4.78 is 5.00. The summed E-state index contributed by atoms with van der Waals surface area (Å²) in [6.45, 7) is 2.61. The number of methoxy groups -OCH3 is 1. The smallest absolute Gasteiger partial charge is 0.255 e. The number of hydrogen-bond acceptors (Lipinski definition) is 3. The number of hydrogen-bond donors (Lipinski definition) is 2. The highest BCUT2D eigenvalue weighted by molar-refractivity contribution is 6.03. The zero-order valence-electron chi connectivity index (χ0n) is 15.9. The molecule has 0 aliphatic carbocycles. The molecule has 144 valence electrons. The van der Waals surface area contributed by atoms with E-state index >= 15 is 0 Å². The molecule has 6 nitrogen and oxygen atoms in total. The number of benzene rings is 2. The third-order valence-electron chi connectivity index (χ3n) is 5.32. The van der Waals surface area contributed by atoms with Gasteiger partial charge in [0.15, 0.2) is 0 Å². The number of carbonyl (C=O) groups excluding carboxylic acids is 2. The fourth-order valence-corrected chi connectivity index (χ4v) is 3.92. The molecule has 1 aromatic heterocycles. The number of carbonyl (C=O) groups is 2. The highest BCUT2D eigenvalue weighted by Gasteiger charge is 2.42. The third-order valence-corrected chi connectivity index (χ3v) is 5.32. The predicted molar refractivity (Wildman–Crippen MR) is 107 cm³/mol. The second-order valence-electron chi connectivity index (χ2n) is 6.95. The first-order valence-corrected chi connectivity index (χ1v) is 9.37.